The second kappa shape index (κ2) is 6.14. The van der Waals surface area contributed by atoms with E-state index in [4.69, 9.17) is 23.2 Å². The largest absolute Gasteiger partial charge is 0.285 e. The Balaban J connectivity index is 2.39. The fourth-order valence-corrected chi connectivity index (χ4v) is 2.91. The van der Waals surface area contributed by atoms with E-state index in [0.29, 0.717) is 16.8 Å². The summed E-state index contributed by atoms with van der Waals surface area (Å²) in [5, 5.41) is 4.47. The van der Waals surface area contributed by atoms with Crippen LogP contribution in [-0.2, 0) is 7.05 Å². The lowest BCUT2D eigenvalue weighted by molar-refractivity contribution is 0.628. The quantitative estimate of drug-likeness (QED) is 0.680. The van der Waals surface area contributed by atoms with Gasteiger partial charge >= 0.3 is 0 Å². The average Bonchev–Trinajstić information content (AvgIpc) is 2.54. The maximum Gasteiger partial charge on any atom is 0.285 e. The van der Waals surface area contributed by atoms with Crippen LogP contribution in [0.3, 0.4) is 0 Å². The van der Waals surface area contributed by atoms with Crippen molar-refractivity contribution in [2.24, 2.45) is 7.05 Å². The lowest BCUT2D eigenvalue weighted by atomic mass is 10.00. The molecule has 0 radical (unpaired) electrons. The molecule has 0 atom stereocenters. The van der Waals surface area contributed by atoms with E-state index in [1.807, 2.05) is 30.3 Å². The molecule has 1 heterocycles. The minimum absolute atomic E-state index is 0.00476. The van der Waals surface area contributed by atoms with Crippen molar-refractivity contribution in [2.75, 3.05) is 0 Å². The van der Waals surface area contributed by atoms with Crippen molar-refractivity contribution in [1.82, 2.24) is 9.78 Å². The molecule has 23 heavy (non-hydrogen) atoms. The number of aryl methyl sites for hydroxylation is 1. The molecule has 0 spiro atoms. The Morgan fingerprint density at radius 3 is 2.43 bits per heavy atom. The Morgan fingerprint density at radius 2 is 1.78 bits per heavy atom. The van der Waals surface area contributed by atoms with Gasteiger partial charge in [-0.25, -0.2) is 9.07 Å². The third-order valence-corrected chi connectivity index (χ3v) is 4.10. The minimum Gasteiger partial charge on any atom is -0.266 e. The molecule has 0 N–H and O–H groups in total. The molecule has 0 aliphatic carbocycles. The van der Waals surface area contributed by atoms with Crippen LogP contribution in [0, 0.1) is 5.82 Å². The predicted octanol–water partition coefficient (Wildman–Crippen LogP) is 4.56. The zero-order valence-electron chi connectivity index (χ0n) is 12.1. The molecule has 2 aromatic carbocycles. The third-order valence-electron chi connectivity index (χ3n) is 3.44. The molecule has 1 aromatic heterocycles. The average molecular weight is 349 g/mol. The van der Waals surface area contributed by atoms with E-state index in [-0.39, 0.29) is 10.0 Å². The Morgan fingerprint density at radius 1 is 1.09 bits per heavy atom. The van der Waals surface area contributed by atoms with Crippen LogP contribution < -0.4 is 5.56 Å². The number of halogens is 3. The number of nitrogens with zero attached hydrogens (tertiary/aromatic N) is 2. The van der Waals surface area contributed by atoms with Gasteiger partial charge in [0.15, 0.2) is 0 Å². The van der Waals surface area contributed by atoms with Crippen LogP contribution in [0.2, 0.25) is 10.0 Å². The maximum atomic E-state index is 13.3. The van der Waals surface area contributed by atoms with Crippen LogP contribution in [0.5, 0.6) is 0 Å². The molecule has 3 aromatic rings. The van der Waals surface area contributed by atoms with E-state index in [1.165, 1.54) is 29.9 Å². The summed E-state index contributed by atoms with van der Waals surface area (Å²) in [5.41, 5.74) is 1.70. The molecule has 0 aliphatic heterocycles. The SMILES string of the molecule is Cn1nc(-c2ccccc2)c(-c2ccc(F)cc2Cl)c(Cl)c1=O. The standard InChI is InChI=1S/C17H11Cl2FN2O/c1-22-17(23)15(19)14(12-8-7-11(20)9-13(12)18)16(21-22)10-5-3-2-4-6-10/h2-9H,1H3. The van der Waals surface area contributed by atoms with Gasteiger partial charge in [0, 0.05) is 23.7 Å². The van der Waals surface area contributed by atoms with E-state index in [2.05, 4.69) is 5.10 Å². The lowest BCUT2D eigenvalue weighted by Gasteiger charge is -2.13. The van der Waals surface area contributed by atoms with Gasteiger partial charge in [-0.05, 0) is 18.2 Å². The summed E-state index contributed by atoms with van der Waals surface area (Å²) >= 11 is 12.4. The Hall–Kier alpha value is -2.17. The van der Waals surface area contributed by atoms with Crippen molar-refractivity contribution in [1.29, 1.82) is 0 Å². The molecule has 116 valence electrons. The third kappa shape index (κ3) is 2.87. The minimum atomic E-state index is -0.465. The molecule has 0 amide bonds. The van der Waals surface area contributed by atoms with Crippen LogP contribution in [0.15, 0.2) is 53.3 Å². The van der Waals surface area contributed by atoms with Crippen molar-refractivity contribution < 1.29 is 4.39 Å². The highest BCUT2D eigenvalue weighted by Gasteiger charge is 2.20. The van der Waals surface area contributed by atoms with E-state index in [0.717, 1.165) is 5.56 Å². The number of benzene rings is 2. The molecule has 0 saturated carbocycles. The predicted molar refractivity (Wildman–Crippen MR) is 90.3 cm³/mol. The molecule has 0 saturated heterocycles. The van der Waals surface area contributed by atoms with Crippen LogP contribution in [0.25, 0.3) is 22.4 Å². The first-order valence-corrected chi connectivity index (χ1v) is 7.52. The highest BCUT2D eigenvalue weighted by Crippen LogP contribution is 2.38. The summed E-state index contributed by atoms with van der Waals surface area (Å²) in [6, 6.07) is 13.2. The molecule has 3 nitrogen and oxygen atoms in total. The smallest absolute Gasteiger partial charge is 0.266 e. The van der Waals surface area contributed by atoms with E-state index in [9.17, 15) is 9.18 Å². The van der Waals surface area contributed by atoms with Crippen LogP contribution in [0.1, 0.15) is 0 Å². The topological polar surface area (TPSA) is 34.9 Å². The lowest BCUT2D eigenvalue weighted by Crippen LogP contribution is -2.21. The second-order valence-corrected chi connectivity index (χ2v) is 5.74. The zero-order valence-corrected chi connectivity index (χ0v) is 13.6. The highest BCUT2D eigenvalue weighted by molar-refractivity contribution is 6.37. The van der Waals surface area contributed by atoms with Gasteiger partial charge in [0.25, 0.3) is 5.56 Å². The first-order valence-electron chi connectivity index (χ1n) is 6.76. The van der Waals surface area contributed by atoms with E-state index in [1.54, 1.807) is 0 Å². The molecular formula is C17H11Cl2FN2O. The van der Waals surface area contributed by atoms with Crippen molar-refractivity contribution in [2.45, 2.75) is 0 Å². The number of aromatic nitrogens is 2. The van der Waals surface area contributed by atoms with Crippen LogP contribution >= 0.6 is 23.2 Å². The summed E-state index contributed by atoms with van der Waals surface area (Å²) in [5.74, 6) is -0.465. The zero-order chi connectivity index (χ0) is 16.6. The first-order chi connectivity index (χ1) is 11.0. The fraction of sp³-hybridized carbons (Fsp3) is 0.0588. The summed E-state index contributed by atoms with van der Waals surface area (Å²) in [7, 11) is 1.52. The van der Waals surface area contributed by atoms with E-state index >= 15 is 0 Å². The molecule has 0 bridgehead atoms. The number of hydrogen-bond acceptors (Lipinski definition) is 2. The molecular weight excluding hydrogens is 338 g/mol. The van der Waals surface area contributed by atoms with E-state index < -0.39 is 11.4 Å². The first kappa shape index (κ1) is 15.7. The van der Waals surface area contributed by atoms with Crippen molar-refractivity contribution in [3.05, 3.63) is 74.7 Å². The fourth-order valence-electron chi connectivity index (χ4n) is 2.33. The van der Waals surface area contributed by atoms with Gasteiger partial charge in [0.1, 0.15) is 16.5 Å². The molecule has 6 heteroatoms. The summed E-state index contributed by atoms with van der Waals surface area (Å²) in [4.78, 5) is 12.2. The monoisotopic (exact) mass is 348 g/mol. The number of rotatable bonds is 2. The molecule has 3 rings (SSSR count). The van der Waals surface area contributed by atoms with Gasteiger partial charge in [-0.15, -0.1) is 0 Å². The molecule has 0 fully saturated rings. The maximum absolute atomic E-state index is 13.3. The van der Waals surface area contributed by atoms with Crippen LogP contribution in [0.4, 0.5) is 4.39 Å². The van der Waals surface area contributed by atoms with Gasteiger partial charge in [-0.3, -0.25) is 4.79 Å². The normalized spacial score (nSPS) is 10.8. The van der Waals surface area contributed by atoms with Gasteiger partial charge in [-0.1, -0.05) is 53.5 Å². The molecule has 0 aliphatic rings. The second-order valence-electron chi connectivity index (χ2n) is 4.96. The van der Waals surface area contributed by atoms with Crippen molar-refractivity contribution in [3.63, 3.8) is 0 Å². The van der Waals surface area contributed by atoms with Crippen molar-refractivity contribution in [3.8, 4) is 22.4 Å². The van der Waals surface area contributed by atoms with Gasteiger partial charge < -0.3 is 0 Å². The Bertz CT molecular complexity index is 939. The van der Waals surface area contributed by atoms with Gasteiger partial charge in [-0.2, -0.15) is 5.10 Å². The van der Waals surface area contributed by atoms with Crippen LogP contribution in [-0.4, -0.2) is 9.78 Å². The number of hydrogen-bond donors (Lipinski definition) is 0. The summed E-state index contributed by atoms with van der Waals surface area (Å²) < 4.78 is 14.5. The summed E-state index contributed by atoms with van der Waals surface area (Å²) in [6.45, 7) is 0. The Labute approximate surface area is 141 Å². The summed E-state index contributed by atoms with van der Waals surface area (Å²) in [6.07, 6.45) is 0. The van der Waals surface area contributed by atoms with Gasteiger partial charge in [0.05, 0.1) is 5.02 Å². The van der Waals surface area contributed by atoms with Gasteiger partial charge in [0.2, 0.25) is 0 Å². The molecule has 0 unspecified atom stereocenters. The van der Waals surface area contributed by atoms with Crippen molar-refractivity contribution >= 4 is 23.2 Å². The highest BCUT2D eigenvalue weighted by atomic mass is 35.5. The Kier molecular flexibility index (Phi) is 4.20.